The summed E-state index contributed by atoms with van der Waals surface area (Å²) in [4.78, 5) is 21.4. The molecule has 0 amide bonds. The van der Waals surface area contributed by atoms with Gasteiger partial charge >= 0.3 is 11.9 Å². The Hall–Kier alpha value is -0.150. The monoisotopic (exact) mass is 488 g/mol. The number of carboxylic acids is 2. The number of nitrogens with two attached hydrogens (primary N) is 2. The summed E-state index contributed by atoms with van der Waals surface area (Å²) in [5, 5.41) is 17.5. The van der Waals surface area contributed by atoms with Crippen LogP contribution >= 0.6 is 37.7 Å². The van der Waals surface area contributed by atoms with Crippen molar-refractivity contribution < 1.29 is 19.8 Å². The molecule has 0 fully saturated rings. The van der Waals surface area contributed by atoms with Crippen LogP contribution in [0, 0.1) is 0 Å². The molecule has 4 unspecified atom stereocenters. The molecule has 0 aromatic heterocycles. The van der Waals surface area contributed by atoms with Gasteiger partial charge in [-0.3, -0.25) is 9.59 Å². The number of aliphatic carboxylic acids is 2. The molecule has 0 aliphatic rings. The van der Waals surface area contributed by atoms with Crippen LogP contribution in [0.25, 0.3) is 0 Å². The zero-order valence-corrected chi connectivity index (χ0v) is 21.7. The second-order valence-electron chi connectivity index (χ2n) is 8.32. The first-order chi connectivity index (χ1) is 13.3. The van der Waals surface area contributed by atoms with E-state index < -0.39 is 33.5 Å². The van der Waals surface area contributed by atoms with Crippen LogP contribution < -0.4 is 11.5 Å². The molecule has 0 saturated carbocycles. The predicted molar refractivity (Wildman–Crippen MR) is 135 cm³/mol. The lowest BCUT2D eigenvalue weighted by atomic mass is 9.94. The minimum atomic E-state index is -0.974. The van der Waals surface area contributed by atoms with Gasteiger partial charge in [-0.1, -0.05) is 71.6 Å². The summed E-state index contributed by atoms with van der Waals surface area (Å²) in [5.74, 6) is -1.95. The van der Waals surface area contributed by atoms with E-state index in [0.29, 0.717) is 0 Å². The number of thiol groups is 2. The average Bonchev–Trinajstić information content (AvgIpc) is 2.64. The fourth-order valence-corrected chi connectivity index (χ4v) is 3.38. The van der Waals surface area contributed by atoms with Crippen LogP contribution in [-0.4, -0.2) is 43.7 Å². The zero-order valence-electron chi connectivity index (χ0n) is 19.1. The van der Waals surface area contributed by atoms with Crippen LogP contribution in [0.5, 0.6) is 0 Å². The van der Waals surface area contributed by atoms with Gasteiger partial charge in [0.15, 0.2) is 0 Å². The molecule has 0 aliphatic heterocycles. The smallest absolute Gasteiger partial charge is 0.321 e. The molecule has 9 heteroatoms. The lowest BCUT2D eigenvalue weighted by molar-refractivity contribution is -0.140. The van der Waals surface area contributed by atoms with Gasteiger partial charge in [-0.05, 0) is 26.7 Å². The number of halogens is 1. The Bertz CT molecular complexity index is 466. The highest BCUT2D eigenvalue weighted by Crippen LogP contribution is 2.26. The highest BCUT2D eigenvalue weighted by molar-refractivity contribution is 7.82. The quantitative estimate of drug-likeness (QED) is 0.143. The van der Waals surface area contributed by atoms with Gasteiger partial charge in [0, 0.05) is 9.49 Å². The maximum Gasteiger partial charge on any atom is 0.321 e. The Morgan fingerprint density at radius 3 is 1.27 bits per heavy atom. The van der Waals surface area contributed by atoms with Crippen molar-refractivity contribution in [2.45, 2.75) is 120 Å². The number of hydrogen-bond donors (Lipinski definition) is 6. The number of rotatable bonds is 15. The van der Waals surface area contributed by atoms with E-state index in [0.717, 1.165) is 38.5 Å². The number of unbranched alkanes of at least 4 members (excludes halogenated alkanes) is 7. The lowest BCUT2D eigenvalue weighted by Crippen LogP contribution is -2.47. The summed E-state index contributed by atoms with van der Waals surface area (Å²) in [6, 6.07) is -1.76. The third-order valence-corrected chi connectivity index (χ3v) is 6.20. The maximum absolute atomic E-state index is 10.7. The van der Waals surface area contributed by atoms with Crippen molar-refractivity contribution in [1.82, 2.24) is 0 Å². The molecule has 0 heterocycles. The van der Waals surface area contributed by atoms with E-state index in [1.54, 1.807) is 13.8 Å². The molecule has 0 aromatic rings. The molecule has 6 nitrogen and oxygen atoms in total. The van der Waals surface area contributed by atoms with E-state index >= 15 is 0 Å². The van der Waals surface area contributed by atoms with E-state index in [4.69, 9.17) is 21.7 Å². The first-order valence-electron chi connectivity index (χ1n) is 10.7. The van der Waals surface area contributed by atoms with Crippen molar-refractivity contribution in [2.24, 2.45) is 11.5 Å². The van der Waals surface area contributed by atoms with Crippen LogP contribution in [0.2, 0.25) is 0 Å². The predicted octanol–water partition coefficient (Wildman–Crippen LogP) is 4.93. The standard InChI is InChI=1S/C11H23NO2S.C10H21NO2S.ClH/c1-3-4-5-6-7-8-11(2,15)9(12)10(13)14;1-3-4-5-6-7-10(2,14)8(11)9(12)13;/h9,15H,3-8,12H2,1-2H3,(H,13,14);8,14H,3-7,11H2,1-2H3,(H,12,13);1H. The summed E-state index contributed by atoms with van der Waals surface area (Å²) >= 11 is 8.66. The second kappa shape index (κ2) is 18.4. The summed E-state index contributed by atoms with van der Waals surface area (Å²) in [6.45, 7) is 7.90. The van der Waals surface area contributed by atoms with Gasteiger partial charge in [-0.2, -0.15) is 25.3 Å². The highest BCUT2D eigenvalue weighted by atomic mass is 35.5. The van der Waals surface area contributed by atoms with Crippen molar-refractivity contribution in [3.63, 3.8) is 0 Å². The van der Waals surface area contributed by atoms with Crippen molar-refractivity contribution in [3.05, 3.63) is 0 Å². The lowest BCUT2D eigenvalue weighted by Gasteiger charge is -2.27. The Morgan fingerprint density at radius 1 is 0.733 bits per heavy atom. The molecule has 0 saturated heterocycles. The van der Waals surface area contributed by atoms with Gasteiger partial charge in [0.1, 0.15) is 12.1 Å². The number of carboxylic acid groups (broad SMARTS) is 2. The van der Waals surface area contributed by atoms with Crippen LogP contribution in [0.4, 0.5) is 0 Å². The molecule has 4 atom stereocenters. The Kier molecular flexibility index (Phi) is 21.2. The van der Waals surface area contributed by atoms with E-state index in [1.165, 1.54) is 32.1 Å². The molecule has 0 aromatic carbocycles. The zero-order chi connectivity index (χ0) is 23.1. The number of carbonyl (C=O) groups is 2. The first kappa shape index (κ1) is 34.5. The van der Waals surface area contributed by atoms with Crippen LogP contribution in [0.1, 0.15) is 98.3 Å². The molecule has 30 heavy (non-hydrogen) atoms. The molecule has 6 N–H and O–H groups in total. The van der Waals surface area contributed by atoms with Crippen LogP contribution in [0.3, 0.4) is 0 Å². The highest BCUT2D eigenvalue weighted by Gasteiger charge is 2.33. The molecule has 0 bridgehead atoms. The summed E-state index contributed by atoms with van der Waals surface area (Å²) in [7, 11) is 0. The Labute approximate surface area is 200 Å². The minimum absolute atomic E-state index is 0. The fourth-order valence-electron chi connectivity index (χ4n) is 2.84. The largest absolute Gasteiger partial charge is 0.480 e. The molecule has 0 aliphatic carbocycles. The molecule has 0 rings (SSSR count). The summed E-state index contributed by atoms with van der Waals surface area (Å²) < 4.78 is -1.20. The Balaban J connectivity index is -0.000000471. The van der Waals surface area contributed by atoms with E-state index in [-0.39, 0.29) is 12.4 Å². The maximum atomic E-state index is 10.7. The van der Waals surface area contributed by atoms with Gasteiger partial charge in [0.25, 0.3) is 0 Å². The number of hydrogen-bond acceptors (Lipinski definition) is 6. The third-order valence-electron chi connectivity index (χ3n) is 5.20. The van der Waals surface area contributed by atoms with Gasteiger partial charge in [0.2, 0.25) is 0 Å². The Morgan fingerprint density at radius 2 is 1.00 bits per heavy atom. The SMILES string of the molecule is CCCCCCC(C)(S)C(N)C(=O)O.CCCCCCCC(C)(S)C(N)C(=O)O.Cl. The minimum Gasteiger partial charge on any atom is -0.480 e. The van der Waals surface area contributed by atoms with Crippen molar-refractivity contribution >= 4 is 49.6 Å². The average molecular weight is 489 g/mol. The first-order valence-corrected chi connectivity index (χ1v) is 11.6. The van der Waals surface area contributed by atoms with Gasteiger partial charge in [-0.25, -0.2) is 0 Å². The van der Waals surface area contributed by atoms with Crippen molar-refractivity contribution in [2.75, 3.05) is 0 Å². The van der Waals surface area contributed by atoms with E-state index in [9.17, 15) is 9.59 Å². The van der Waals surface area contributed by atoms with Crippen LogP contribution in [-0.2, 0) is 9.59 Å². The van der Waals surface area contributed by atoms with E-state index in [2.05, 4.69) is 39.1 Å². The van der Waals surface area contributed by atoms with Gasteiger partial charge < -0.3 is 21.7 Å². The molecular formula is C21H45ClN2O4S2. The molecule has 182 valence electrons. The van der Waals surface area contributed by atoms with Gasteiger partial charge in [0.05, 0.1) is 0 Å². The van der Waals surface area contributed by atoms with Crippen LogP contribution in [0.15, 0.2) is 0 Å². The topological polar surface area (TPSA) is 127 Å². The van der Waals surface area contributed by atoms with Crippen molar-refractivity contribution in [3.8, 4) is 0 Å². The molecular weight excluding hydrogens is 444 g/mol. The molecule has 0 radical (unpaired) electrons. The van der Waals surface area contributed by atoms with Gasteiger partial charge in [-0.15, -0.1) is 12.4 Å². The fraction of sp³-hybridized carbons (Fsp3) is 0.905. The second-order valence-corrected chi connectivity index (χ2v) is 10.4. The summed E-state index contributed by atoms with van der Waals surface area (Å²) in [5.41, 5.74) is 11.1. The van der Waals surface area contributed by atoms with Crippen molar-refractivity contribution in [1.29, 1.82) is 0 Å². The third kappa shape index (κ3) is 16.5. The molecule has 0 spiro atoms. The van der Waals surface area contributed by atoms with E-state index in [1.807, 2.05) is 0 Å². The summed E-state index contributed by atoms with van der Waals surface area (Å²) in [6.07, 6.45) is 11.8. The normalized spacial score (nSPS) is 16.7.